The number of hydrogen-bond donors (Lipinski definition) is 0. The van der Waals surface area contributed by atoms with Crippen molar-refractivity contribution in [1.82, 2.24) is 9.80 Å². The second-order valence-electron chi connectivity index (χ2n) is 10.3. The van der Waals surface area contributed by atoms with E-state index >= 15 is 0 Å². The van der Waals surface area contributed by atoms with Gasteiger partial charge < -0.3 is 4.74 Å². The van der Waals surface area contributed by atoms with Crippen molar-refractivity contribution in [2.45, 2.75) is 44.6 Å². The van der Waals surface area contributed by atoms with Crippen LogP contribution in [0, 0.1) is 22.7 Å². The molecule has 0 bridgehead atoms. The van der Waals surface area contributed by atoms with E-state index in [1.807, 2.05) is 54.6 Å². The van der Waals surface area contributed by atoms with E-state index in [2.05, 4.69) is 21.9 Å². The van der Waals surface area contributed by atoms with Crippen LogP contribution in [-0.4, -0.2) is 45.8 Å². The van der Waals surface area contributed by atoms with Gasteiger partial charge in [0.2, 0.25) is 5.12 Å². The molecule has 208 valence electrons. The number of esters is 1. The van der Waals surface area contributed by atoms with Gasteiger partial charge in [-0.3, -0.25) is 19.4 Å². The van der Waals surface area contributed by atoms with Gasteiger partial charge in [0.15, 0.2) is 5.06 Å². The molecule has 3 aliphatic rings. The molecule has 41 heavy (non-hydrogen) atoms. The average molecular weight is 583 g/mol. The van der Waals surface area contributed by atoms with Gasteiger partial charge in [-0.25, -0.2) is 0 Å². The molecule has 3 aliphatic heterocycles. The van der Waals surface area contributed by atoms with Crippen LogP contribution in [0.3, 0.4) is 0 Å². The van der Waals surface area contributed by atoms with Crippen LogP contribution in [0.1, 0.15) is 46.0 Å². The van der Waals surface area contributed by atoms with Crippen molar-refractivity contribution in [1.29, 1.82) is 10.5 Å². The number of carbonyl (C=O) groups is 2. The zero-order valence-corrected chi connectivity index (χ0v) is 24.5. The summed E-state index contributed by atoms with van der Waals surface area (Å²) in [4.78, 5) is 28.5. The van der Waals surface area contributed by atoms with E-state index in [0.29, 0.717) is 21.4 Å². The molecule has 0 spiro atoms. The summed E-state index contributed by atoms with van der Waals surface area (Å²) in [5.41, 5.74) is 6.33. The third kappa shape index (κ3) is 7.72. The number of likely N-dealkylation sites (tertiary alicyclic amines) is 1. The third-order valence-corrected chi connectivity index (χ3v) is 9.52. The molecule has 9 heteroatoms. The Morgan fingerprint density at radius 2 is 1.56 bits per heavy atom. The second-order valence-corrected chi connectivity index (χ2v) is 12.6. The molecule has 0 N–H and O–H groups in total. The lowest BCUT2D eigenvalue weighted by Crippen LogP contribution is -2.35. The van der Waals surface area contributed by atoms with Gasteiger partial charge >= 0.3 is 5.97 Å². The van der Waals surface area contributed by atoms with Gasteiger partial charge in [0.1, 0.15) is 0 Å². The highest BCUT2D eigenvalue weighted by atomic mass is 32.2. The first kappa shape index (κ1) is 28.8. The van der Waals surface area contributed by atoms with E-state index < -0.39 is 0 Å². The number of nitrogens with zero attached hydrogens (tertiary/aromatic N) is 4. The van der Waals surface area contributed by atoms with Gasteiger partial charge in [-0.05, 0) is 71.5 Å². The molecule has 0 aliphatic carbocycles. The predicted octanol–water partition coefficient (Wildman–Crippen LogP) is 5.44. The first-order valence-corrected chi connectivity index (χ1v) is 15.2. The fourth-order valence-corrected chi connectivity index (χ4v) is 7.30. The fraction of sp³-hybridized carbons (Fsp3) is 0.312. The number of carbonyl (C=O) groups excluding carboxylic acids is 2. The number of fused-ring (bicyclic) bond motifs is 2. The molecule has 7 nitrogen and oxygen atoms in total. The highest BCUT2D eigenvalue weighted by Crippen LogP contribution is 2.35. The summed E-state index contributed by atoms with van der Waals surface area (Å²) in [5, 5.41) is 18.9. The molecule has 3 aromatic rings. The smallest absolute Gasteiger partial charge is 0.308 e. The van der Waals surface area contributed by atoms with Gasteiger partial charge in [0.25, 0.3) is 0 Å². The number of benzene rings is 2. The van der Waals surface area contributed by atoms with Crippen LogP contribution in [-0.2, 0) is 35.6 Å². The van der Waals surface area contributed by atoms with Crippen LogP contribution in [0.4, 0.5) is 0 Å². The molecule has 6 rings (SSSR count). The van der Waals surface area contributed by atoms with Crippen molar-refractivity contribution in [2.75, 3.05) is 19.6 Å². The van der Waals surface area contributed by atoms with E-state index in [9.17, 15) is 9.59 Å². The minimum absolute atomic E-state index is 0.209. The molecule has 4 heterocycles. The Balaban J connectivity index is 0.000000166. The lowest BCUT2D eigenvalue weighted by Gasteiger charge is -2.31. The zero-order valence-electron chi connectivity index (χ0n) is 22.8. The fourth-order valence-electron chi connectivity index (χ4n) is 5.23. The maximum Gasteiger partial charge on any atom is 0.308 e. The summed E-state index contributed by atoms with van der Waals surface area (Å²) in [6.45, 7) is 6.96. The maximum absolute atomic E-state index is 11.4. The van der Waals surface area contributed by atoms with Crippen molar-refractivity contribution >= 4 is 34.2 Å². The van der Waals surface area contributed by atoms with E-state index in [1.54, 1.807) is 17.4 Å². The molecule has 1 aromatic heterocycles. The molecule has 0 amide bonds. The van der Waals surface area contributed by atoms with Crippen molar-refractivity contribution in [3.05, 3.63) is 98.9 Å². The summed E-state index contributed by atoms with van der Waals surface area (Å²) >= 11 is 3.04. The molecular formula is C32H30N4O3S2. The van der Waals surface area contributed by atoms with Crippen molar-refractivity contribution < 1.29 is 14.3 Å². The minimum Gasteiger partial charge on any atom is -0.416 e. The SMILES string of the molecule is CC(=O)Oc1cc2c(s1)CCN(Cc1ccc(C#N)cc1)C2.N#Cc1ccc(CN2CCC3SC(=O)C=C3C2)cc1. The molecule has 0 saturated carbocycles. The van der Waals surface area contributed by atoms with E-state index in [4.69, 9.17) is 15.3 Å². The van der Waals surface area contributed by atoms with E-state index in [1.165, 1.54) is 45.8 Å². The standard InChI is InChI=1S/C17H16N2O2S.C15H14N2OS/c1-12(20)21-17-8-15-11-19(7-6-16(15)22-17)10-14-4-2-13(9-18)3-5-14;16-8-11-1-3-12(4-2-11)9-17-6-5-14-13(10-17)7-15(18)19-14/h2-5,8H,6-7,10-11H2,1H3;1-4,7,14H,5-6,9-10H2. The van der Waals surface area contributed by atoms with Gasteiger partial charge in [0.05, 0.1) is 23.3 Å². The Kier molecular flexibility index (Phi) is 9.33. The largest absolute Gasteiger partial charge is 0.416 e. The number of ether oxygens (including phenoxy) is 1. The van der Waals surface area contributed by atoms with Crippen LogP contribution in [0.15, 0.2) is 66.2 Å². The lowest BCUT2D eigenvalue weighted by molar-refractivity contribution is -0.131. The van der Waals surface area contributed by atoms with Crippen LogP contribution in [0.25, 0.3) is 0 Å². The predicted molar refractivity (Wildman–Crippen MR) is 160 cm³/mol. The molecule has 0 radical (unpaired) electrons. The van der Waals surface area contributed by atoms with Crippen LogP contribution >= 0.6 is 23.1 Å². The topological polar surface area (TPSA) is 97.4 Å². The molecular weight excluding hydrogens is 553 g/mol. The molecule has 2 aromatic carbocycles. The quantitative estimate of drug-likeness (QED) is 0.367. The monoisotopic (exact) mass is 582 g/mol. The number of piperidine rings is 1. The van der Waals surface area contributed by atoms with Crippen LogP contribution in [0.5, 0.6) is 5.06 Å². The number of nitriles is 2. The molecule has 1 atom stereocenters. The van der Waals surface area contributed by atoms with Crippen LogP contribution in [0.2, 0.25) is 0 Å². The van der Waals surface area contributed by atoms with Crippen molar-refractivity contribution in [2.24, 2.45) is 0 Å². The summed E-state index contributed by atoms with van der Waals surface area (Å²) in [6, 6.07) is 21.7. The molecule has 1 saturated heterocycles. The number of thiophene rings is 1. The Labute approximate surface area is 248 Å². The molecule has 1 fully saturated rings. The van der Waals surface area contributed by atoms with Crippen LogP contribution < -0.4 is 4.74 Å². The maximum atomic E-state index is 11.4. The van der Waals surface area contributed by atoms with Crippen molar-refractivity contribution in [3.8, 4) is 17.2 Å². The first-order valence-electron chi connectivity index (χ1n) is 13.5. The highest BCUT2D eigenvalue weighted by molar-refractivity contribution is 8.15. The second kappa shape index (κ2) is 13.3. The van der Waals surface area contributed by atoms with Gasteiger partial charge in [-0.15, -0.1) is 11.3 Å². The first-order chi connectivity index (χ1) is 19.9. The summed E-state index contributed by atoms with van der Waals surface area (Å²) < 4.78 is 5.18. The summed E-state index contributed by atoms with van der Waals surface area (Å²) in [5.74, 6) is -0.270. The zero-order chi connectivity index (χ0) is 28.8. The van der Waals surface area contributed by atoms with Gasteiger partial charge in [0, 0.05) is 56.3 Å². The summed E-state index contributed by atoms with van der Waals surface area (Å²) in [7, 11) is 0. The number of hydrogen-bond acceptors (Lipinski definition) is 9. The average Bonchev–Trinajstić information content (AvgIpc) is 3.54. The Bertz CT molecular complexity index is 1530. The van der Waals surface area contributed by atoms with E-state index in [0.717, 1.165) is 52.1 Å². The Morgan fingerprint density at radius 1 is 0.951 bits per heavy atom. The normalized spacial score (nSPS) is 18.2. The Morgan fingerprint density at radius 3 is 2.15 bits per heavy atom. The minimum atomic E-state index is -0.270. The summed E-state index contributed by atoms with van der Waals surface area (Å²) in [6.07, 6.45) is 3.84. The number of rotatable bonds is 5. The Hall–Kier alpha value is -3.73. The van der Waals surface area contributed by atoms with Crippen molar-refractivity contribution in [3.63, 3.8) is 0 Å². The lowest BCUT2D eigenvalue weighted by atomic mass is 10.0. The number of thioether (sulfide) groups is 1. The van der Waals surface area contributed by atoms with E-state index in [-0.39, 0.29) is 11.1 Å². The third-order valence-electron chi connectivity index (χ3n) is 7.23. The molecule has 1 unspecified atom stereocenters. The highest BCUT2D eigenvalue weighted by Gasteiger charge is 2.30. The van der Waals surface area contributed by atoms with Gasteiger partial charge in [-0.2, -0.15) is 10.5 Å². The van der Waals surface area contributed by atoms with Gasteiger partial charge in [-0.1, -0.05) is 36.0 Å².